The Balaban J connectivity index is 1.62. The molecule has 2 heterocycles. The summed E-state index contributed by atoms with van der Waals surface area (Å²) in [7, 11) is -3.38. The van der Waals surface area contributed by atoms with Crippen LogP contribution in [0.5, 0.6) is 0 Å². The van der Waals surface area contributed by atoms with Crippen LogP contribution in [0, 0.1) is 0 Å². The van der Waals surface area contributed by atoms with Gasteiger partial charge in [-0.1, -0.05) is 25.5 Å². The second-order valence-electron chi connectivity index (χ2n) is 7.16. The van der Waals surface area contributed by atoms with Crippen molar-refractivity contribution in [1.29, 1.82) is 0 Å². The number of amides is 1. The molecular weight excluding hydrogens is 374 g/mol. The molecule has 1 aromatic carbocycles. The molecule has 1 aromatic heterocycles. The average Bonchev–Trinajstić information content (AvgIpc) is 3.20. The van der Waals surface area contributed by atoms with Crippen molar-refractivity contribution >= 4 is 21.6 Å². The number of aromatic nitrogens is 1. The van der Waals surface area contributed by atoms with E-state index in [1.807, 2.05) is 43.3 Å². The van der Waals surface area contributed by atoms with Gasteiger partial charge in [0.05, 0.1) is 5.75 Å². The first-order valence-corrected chi connectivity index (χ1v) is 11.4. The molecule has 3 rings (SSSR count). The van der Waals surface area contributed by atoms with Crippen molar-refractivity contribution in [2.24, 2.45) is 0 Å². The van der Waals surface area contributed by atoms with Gasteiger partial charge in [0.15, 0.2) is 0 Å². The van der Waals surface area contributed by atoms with Crippen LogP contribution in [0.1, 0.15) is 43.7 Å². The second kappa shape index (κ2) is 9.30. The monoisotopic (exact) mass is 401 g/mol. The lowest BCUT2D eigenvalue weighted by Gasteiger charge is -2.23. The number of carbonyl (C=O) groups excluding carboxylic acids is 1. The highest BCUT2D eigenvalue weighted by Crippen LogP contribution is 2.24. The van der Waals surface area contributed by atoms with Gasteiger partial charge in [0.2, 0.25) is 15.9 Å². The molecule has 7 heteroatoms. The van der Waals surface area contributed by atoms with Crippen LogP contribution in [0.25, 0.3) is 0 Å². The summed E-state index contributed by atoms with van der Waals surface area (Å²) in [6.45, 7) is 2.39. The summed E-state index contributed by atoms with van der Waals surface area (Å²) >= 11 is 0. The Labute approximate surface area is 167 Å². The lowest BCUT2D eigenvalue weighted by atomic mass is 10.1. The first kappa shape index (κ1) is 20.5. The first-order valence-electron chi connectivity index (χ1n) is 9.78. The number of hydrogen-bond acceptors (Lipinski definition) is 4. The number of nitrogens with zero attached hydrogens (tertiary/aromatic N) is 2. The summed E-state index contributed by atoms with van der Waals surface area (Å²) in [5.74, 6) is -0.142. The zero-order chi connectivity index (χ0) is 20.0. The third-order valence-corrected chi connectivity index (χ3v) is 6.95. The number of pyridine rings is 1. The third kappa shape index (κ3) is 5.17. The van der Waals surface area contributed by atoms with Crippen molar-refractivity contribution in [2.45, 2.75) is 45.1 Å². The van der Waals surface area contributed by atoms with Gasteiger partial charge in [-0.3, -0.25) is 9.78 Å². The normalized spacial score (nSPS) is 17.5. The van der Waals surface area contributed by atoms with Crippen molar-refractivity contribution in [2.75, 3.05) is 17.6 Å². The van der Waals surface area contributed by atoms with Gasteiger partial charge in [-0.25, -0.2) is 8.42 Å². The molecule has 0 radical (unpaired) electrons. The number of unbranched alkanes of at least 4 members (excludes halogenated alkanes) is 1. The molecule has 150 valence electrons. The predicted molar refractivity (Wildman–Crippen MR) is 111 cm³/mol. The zero-order valence-electron chi connectivity index (χ0n) is 16.2. The maximum Gasteiger partial charge on any atom is 0.242 e. The Morgan fingerprint density at radius 1 is 1.14 bits per heavy atom. The van der Waals surface area contributed by atoms with E-state index < -0.39 is 16.1 Å². The maximum atomic E-state index is 12.7. The molecule has 6 nitrogen and oxygen atoms in total. The van der Waals surface area contributed by atoms with Crippen molar-refractivity contribution in [3.05, 3.63) is 59.9 Å². The predicted octanol–water partition coefficient (Wildman–Crippen LogP) is 3.21. The number of benzene rings is 1. The number of hydrogen-bond donors (Lipinski definition) is 1. The van der Waals surface area contributed by atoms with Gasteiger partial charge in [-0.05, 0) is 61.1 Å². The van der Waals surface area contributed by atoms with E-state index in [2.05, 4.69) is 10.3 Å². The highest BCUT2D eigenvalue weighted by atomic mass is 32.2. The minimum absolute atomic E-state index is 0.108. The van der Waals surface area contributed by atoms with Gasteiger partial charge < -0.3 is 5.32 Å². The van der Waals surface area contributed by atoms with Crippen LogP contribution in [-0.2, 0) is 21.2 Å². The molecule has 1 fully saturated rings. The highest BCUT2D eigenvalue weighted by Gasteiger charge is 2.38. The van der Waals surface area contributed by atoms with Crippen LogP contribution >= 0.6 is 0 Å². The third-order valence-electron chi connectivity index (χ3n) is 5.00. The van der Waals surface area contributed by atoms with E-state index in [0.29, 0.717) is 31.5 Å². The van der Waals surface area contributed by atoms with Crippen molar-refractivity contribution in [3.8, 4) is 0 Å². The number of carbonyl (C=O) groups is 1. The van der Waals surface area contributed by atoms with Gasteiger partial charge in [-0.2, -0.15) is 4.31 Å². The van der Waals surface area contributed by atoms with Crippen molar-refractivity contribution < 1.29 is 13.2 Å². The fourth-order valence-corrected chi connectivity index (χ4v) is 5.33. The van der Waals surface area contributed by atoms with Gasteiger partial charge in [0, 0.05) is 24.6 Å². The Bertz CT molecular complexity index is 883. The Kier molecular flexibility index (Phi) is 6.80. The Morgan fingerprint density at radius 2 is 1.82 bits per heavy atom. The van der Waals surface area contributed by atoms with Crippen molar-refractivity contribution in [3.63, 3.8) is 0 Å². The summed E-state index contributed by atoms with van der Waals surface area (Å²) in [6, 6.07) is 11.0. The van der Waals surface area contributed by atoms with Gasteiger partial charge in [0.25, 0.3) is 0 Å². The molecule has 1 amide bonds. The molecule has 1 saturated heterocycles. The van der Waals surface area contributed by atoms with Crippen LogP contribution in [-0.4, -0.2) is 42.0 Å². The molecule has 0 saturated carbocycles. The minimum atomic E-state index is -3.38. The summed E-state index contributed by atoms with van der Waals surface area (Å²) in [5.41, 5.74) is 2.99. The number of rotatable bonds is 8. The van der Waals surface area contributed by atoms with E-state index in [-0.39, 0.29) is 11.7 Å². The summed E-state index contributed by atoms with van der Waals surface area (Å²) in [6.07, 6.45) is 7.05. The lowest BCUT2D eigenvalue weighted by molar-refractivity contribution is -0.119. The lowest BCUT2D eigenvalue weighted by Crippen LogP contribution is -2.44. The number of sulfonamides is 1. The summed E-state index contributed by atoms with van der Waals surface area (Å²) in [4.78, 5) is 16.7. The average molecular weight is 402 g/mol. The number of nitrogens with one attached hydrogen (secondary N) is 1. The highest BCUT2D eigenvalue weighted by molar-refractivity contribution is 7.89. The minimum Gasteiger partial charge on any atom is -0.325 e. The standard InChI is InChI=1S/C21H27N3O3S/c1-2-3-15-28(26,27)24-14-4-5-20(24)21(25)23-19-8-6-17(7-9-19)16-18-10-12-22-13-11-18/h6-13,20H,2-5,14-16H2,1H3,(H,23,25). The van der Waals surface area contributed by atoms with Crippen LogP contribution in [0.3, 0.4) is 0 Å². The molecule has 28 heavy (non-hydrogen) atoms. The van der Waals surface area contributed by atoms with E-state index in [9.17, 15) is 13.2 Å². The molecule has 2 aromatic rings. The second-order valence-corrected chi connectivity index (χ2v) is 9.20. The fourth-order valence-electron chi connectivity index (χ4n) is 3.45. The van der Waals surface area contributed by atoms with Crippen molar-refractivity contribution in [1.82, 2.24) is 9.29 Å². The quantitative estimate of drug-likeness (QED) is 0.737. The smallest absolute Gasteiger partial charge is 0.242 e. The molecule has 1 aliphatic rings. The molecule has 0 bridgehead atoms. The summed E-state index contributed by atoms with van der Waals surface area (Å²) in [5, 5.41) is 2.88. The zero-order valence-corrected chi connectivity index (χ0v) is 17.0. The van der Waals surface area contributed by atoms with Crippen LogP contribution in [0.2, 0.25) is 0 Å². The molecule has 1 unspecified atom stereocenters. The van der Waals surface area contributed by atoms with Crippen LogP contribution < -0.4 is 5.32 Å². The molecular formula is C21H27N3O3S. The van der Waals surface area contributed by atoms with E-state index in [1.54, 1.807) is 12.4 Å². The first-order chi connectivity index (χ1) is 13.5. The molecule has 0 aliphatic carbocycles. The Morgan fingerprint density at radius 3 is 2.50 bits per heavy atom. The number of anilines is 1. The maximum absolute atomic E-state index is 12.7. The van der Waals surface area contributed by atoms with Crippen LogP contribution in [0.4, 0.5) is 5.69 Å². The van der Waals surface area contributed by atoms with E-state index >= 15 is 0 Å². The van der Waals surface area contributed by atoms with Gasteiger partial charge >= 0.3 is 0 Å². The van der Waals surface area contributed by atoms with Gasteiger partial charge in [-0.15, -0.1) is 0 Å². The van der Waals surface area contributed by atoms with E-state index in [4.69, 9.17) is 0 Å². The Hall–Kier alpha value is -2.25. The molecule has 1 aliphatic heterocycles. The SMILES string of the molecule is CCCCS(=O)(=O)N1CCCC1C(=O)Nc1ccc(Cc2ccncc2)cc1. The summed E-state index contributed by atoms with van der Waals surface area (Å²) < 4.78 is 26.4. The van der Waals surface area contributed by atoms with Crippen LogP contribution in [0.15, 0.2) is 48.8 Å². The van der Waals surface area contributed by atoms with E-state index in [0.717, 1.165) is 18.4 Å². The van der Waals surface area contributed by atoms with Gasteiger partial charge in [0.1, 0.15) is 6.04 Å². The largest absolute Gasteiger partial charge is 0.325 e. The topological polar surface area (TPSA) is 79.4 Å². The van der Waals surface area contributed by atoms with E-state index in [1.165, 1.54) is 9.87 Å². The fraction of sp³-hybridized carbons (Fsp3) is 0.429. The molecule has 1 N–H and O–H groups in total. The molecule has 0 spiro atoms. The molecule has 1 atom stereocenters.